The van der Waals surface area contributed by atoms with Gasteiger partial charge in [0.25, 0.3) is 0 Å². The SMILES string of the molecule is Nc1ccc(-c2ccsc2)cc1NC(=O)CCc1cn(CCCCC(=O)O)nn1. The van der Waals surface area contributed by atoms with Crippen LogP contribution in [0.4, 0.5) is 11.4 Å². The van der Waals surface area contributed by atoms with Crippen molar-refractivity contribution < 1.29 is 14.7 Å². The molecule has 0 bridgehead atoms. The molecule has 0 saturated carbocycles. The highest BCUT2D eigenvalue weighted by molar-refractivity contribution is 7.08. The van der Waals surface area contributed by atoms with E-state index in [0.717, 1.165) is 23.2 Å². The number of amides is 1. The first-order valence-corrected chi connectivity index (χ1v) is 10.3. The van der Waals surface area contributed by atoms with Gasteiger partial charge in [-0.25, -0.2) is 0 Å². The fourth-order valence-corrected chi connectivity index (χ4v) is 3.50. The number of aliphatic carboxylic acids is 1. The molecular formula is C20H23N5O3S. The van der Waals surface area contributed by atoms with Crippen LogP contribution < -0.4 is 11.1 Å². The molecule has 8 nitrogen and oxygen atoms in total. The van der Waals surface area contributed by atoms with Crippen LogP contribution in [0.2, 0.25) is 0 Å². The minimum atomic E-state index is -0.795. The number of nitrogens with zero attached hydrogens (tertiary/aromatic N) is 3. The number of carbonyl (C=O) groups is 2. The number of benzene rings is 1. The molecule has 0 aliphatic heterocycles. The van der Waals surface area contributed by atoms with Crippen LogP contribution in [0.1, 0.15) is 31.4 Å². The second-order valence-electron chi connectivity index (χ2n) is 6.69. The van der Waals surface area contributed by atoms with Crippen molar-refractivity contribution in [3.05, 3.63) is 46.9 Å². The Morgan fingerprint density at radius 2 is 2.03 bits per heavy atom. The quantitative estimate of drug-likeness (QED) is 0.346. The van der Waals surface area contributed by atoms with Gasteiger partial charge in [0.15, 0.2) is 0 Å². The van der Waals surface area contributed by atoms with Gasteiger partial charge in [-0.2, -0.15) is 11.3 Å². The number of aryl methyl sites for hydroxylation is 2. The molecule has 0 radical (unpaired) electrons. The second-order valence-corrected chi connectivity index (χ2v) is 7.47. The van der Waals surface area contributed by atoms with Crippen molar-refractivity contribution >= 4 is 34.6 Å². The van der Waals surface area contributed by atoms with E-state index in [2.05, 4.69) is 15.6 Å². The van der Waals surface area contributed by atoms with Gasteiger partial charge < -0.3 is 16.2 Å². The highest BCUT2D eigenvalue weighted by Gasteiger charge is 2.10. The summed E-state index contributed by atoms with van der Waals surface area (Å²) in [6.07, 6.45) is 3.98. The average molecular weight is 414 g/mol. The Morgan fingerprint density at radius 3 is 2.79 bits per heavy atom. The van der Waals surface area contributed by atoms with Crippen LogP contribution in [0.3, 0.4) is 0 Å². The minimum absolute atomic E-state index is 0.143. The van der Waals surface area contributed by atoms with Gasteiger partial charge in [0.1, 0.15) is 0 Å². The molecule has 1 aromatic carbocycles. The number of nitrogens with one attached hydrogen (secondary N) is 1. The third-order valence-electron chi connectivity index (χ3n) is 4.40. The Morgan fingerprint density at radius 1 is 1.17 bits per heavy atom. The Kier molecular flexibility index (Phi) is 6.96. The smallest absolute Gasteiger partial charge is 0.303 e. The Labute approximate surface area is 172 Å². The molecule has 1 amide bonds. The number of anilines is 2. The van der Waals surface area contributed by atoms with E-state index in [1.807, 2.05) is 29.0 Å². The predicted octanol–water partition coefficient (Wildman–Crippen LogP) is 3.42. The largest absolute Gasteiger partial charge is 0.481 e. The molecule has 0 aliphatic carbocycles. The Bertz CT molecular complexity index is 968. The molecule has 2 aromatic heterocycles. The van der Waals surface area contributed by atoms with Crippen molar-refractivity contribution in [2.24, 2.45) is 0 Å². The third kappa shape index (κ3) is 6.15. The summed E-state index contributed by atoms with van der Waals surface area (Å²) in [5, 5.41) is 23.6. The number of aromatic nitrogens is 3. The number of unbranched alkanes of at least 4 members (excludes halogenated alkanes) is 1. The Hall–Kier alpha value is -3.20. The summed E-state index contributed by atoms with van der Waals surface area (Å²) < 4.78 is 1.68. The van der Waals surface area contributed by atoms with Gasteiger partial charge in [0.2, 0.25) is 5.91 Å². The standard InChI is InChI=1S/C20H23N5O3S/c21-17-6-4-14(15-8-10-29-13-15)11-18(17)22-19(26)7-5-16-12-25(24-23-16)9-2-1-3-20(27)28/h4,6,8,10-13H,1-3,5,7,9,21H2,(H,22,26)(H,27,28). The highest BCUT2D eigenvalue weighted by atomic mass is 32.1. The highest BCUT2D eigenvalue weighted by Crippen LogP contribution is 2.28. The molecular weight excluding hydrogens is 390 g/mol. The van der Waals surface area contributed by atoms with Crippen LogP contribution in [0.25, 0.3) is 11.1 Å². The minimum Gasteiger partial charge on any atom is -0.481 e. The zero-order chi connectivity index (χ0) is 20.6. The maximum Gasteiger partial charge on any atom is 0.303 e. The van der Waals surface area contributed by atoms with Crippen LogP contribution >= 0.6 is 11.3 Å². The molecule has 2 heterocycles. The van der Waals surface area contributed by atoms with Crippen molar-refractivity contribution in [2.75, 3.05) is 11.1 Å². The number of carboxylic acids is 1. The van der Waals surface area contributed by atoms with E-state index >= 15 is 0 Å². The number of nitrogen functional groups attached to an aromatic ring is 1. The van der Waals surface area contributed by atoms with Crippen LogP contribution in [-0.4, -0.2) is 32.0 Å². The molecule has 0 saturated heterocycles. The monoisotopic (exact) mass is 413 g/mol. The fraction of sp³-hybridized carbons (Fsp3) is 0.300. The van der Waals surface area contributed by atoms with Crippen molar-refractivity contribution in [3.63, 3.8) is 0 Å². The van der Waals surface area contributed by atoms with Gasteiger partial charge in [-0.15, -0.1) is 5.10 Å². The molecule has 0 atom stereocenters. The molecule has 29 heavy (non-hydrogen) atoms. The van der Waals surface area contributed by atoms with E-state index in [-0.39, 0.29) is 18.7 Å². The number of thiophene rings is 1. The normalized spacial score (nSPS) is 10.8. The van der Waals surface area contributed by atoms with Gasteiger partial charge in [-0.05, 0) is 52.9 Å². The number of hydrogen-bond acceptors (Lipinski definition) is 6. The van der Waals surface area contributed by atoms with E-state index in [4.69, 9.17) is 10.8 Å². The molecule has 4 N–H and O–H groups in total. The Balaban J connectivity index is 1.49. The zero-order valence-electron chi connectivity index (χ0n) is 15.9. The summed E-state index contributed by atoms with van der Waals surface area (Å²) in [7, 11) is 0. The predicted molar refractivity (Wildman–Crippen MR) is 113 cm³/mol. The molecule has 0 unspecified atom stereocenters. The molecule has 152 valence electrons. The lowest BCUT2D eigenvalue weighted by molar-refractivity contribution is -0.137. The third-order valence-corrected chi connectivity index (χ3v) is 5.09. The molecule has 3 aromatic rings. The van der Waals surface area contributed by atoms with Crippen molar-refractivity contribution in [1.82, 2.24) is 15.0 Å². The van der Waals surface area contributed by atoms with Crippen LogP contribution in [0.15, 0.2) is 41.2 Å². The average Bonchev–Trinajstić information content (AvgIpc) is 3.37. The van der Waals surface area contributed by atoms with E-state index in [0.29, 0.717) is 30.8 Å². The number of carboxylic acid groups (broad SMARTS) is 1. The maximum absolute atomic E-state index is 12.3. The van der Waals surface area contributed by atoms with E-state index < -0.39 is 5.97 Å². The van der Waals surface area contributed by atoms with Crippen LogP contribution in [0.5, 0.6) is 0 Å². The molecule has 0 spiro atoms. The van der Waals surface area contributed by atoms with Gasteiger partial charge in [-0.3, -0.25) is 14.3 Å². The van der Waals surface area contributed by atoms with Gasteiger partial charge in [0.05, 0.1) is 17.1 Å². The van der Waals surface area contributed by atoms with E-state index in [1.54, 1.807) is 28.3 Å². The molecule has 0 fully saturated rings. The lowest BCUT2D eigenvalue weighted by atomic mass is 10.1. The summed E-state index contributed by atoms with van der Waals surface area (Å²) in [6.45, 7) is 0.610. The van der Waals surface area contributed by atoms with Crippen molar-refractivity contribution in [3.8, 4) is 11.1 Å². The molecule has 0 aliphatic rings. The summed E-state index contributed by atoms with van der Waals surface area (Å²) in [6, 6.07) is 7.62. The van der Waals surface area contributed by atoms with Crippen LogP contribution in [-0.2, 0) is 22.6 Å². The summed E-state index contributed by atoms with van der Waals surface area (Å²) >= 11 is 1.61. The molecule has 3 rings (SSSR count). The lowest BCUT2D eigenvalue weighted by Gasteiger charge is -2.10. The first-order valence-electron chi connectivity index (χ1n) is 9.34. The maximum atomic E-state index is 12.3. The number of rotatable bonds is 10. The second kappa shape index (κ2) is 9.83. The number of carbonyl (C=O) groups excluding carboxylic acids is 1. The fourth-order valence-electron chi connectivity index (χ4n) is 2.84. The molecule has 9 heteroatoms. The van der Waals surface area contributed by atoms with Crippen molar-refractivity contribution in [1.29, 1.82) is 0 Å². The topological polar surface area (TPSA) is 123 Å². The zero-order valence-corrected chi connectivity index (χ0v) is 16.7. The summed E-state index contributed by atoms with van der Waals surface area (Å²) in [5.41, 5.74) is 9.93. The van der Waals surface area contributed by atoms with E-state index in [1.165, 1.54) is 0 Å². The first kappa shape index (κ1) is 20.5. The van der Waals surface area contributed by atoms with Gasteiger partial charge >= 0.3 is 5.97 Å². The van der Waals surface area contributed by atoms with E-state index in [9.17, 15) is 9.59 Å². The summed E-state index contributed by atoms with van der Waals surface area (Å²) in [5.74, 6) is -0.938. The number of hydrogen-bond donors (Lipinski definition) is 3. The van der Waals surface area contributed by atoms with Crippen LogP contribution in [0, 0.1) is 0 Å². The summed E-state index contributed by atoms with van der Waals surface area (Å²) in [4.78, 5) is 22.9. The lowest BCUT2D eigenvalue weighted by Crippen LogP contribution is -2.13. The first-order chi connectivity index (χ1) is 14.0. The van der Waals surface area contributed by atoms with Gasteiger partial charge in [0, 0.05) is 32.0 Å². The number of nitrogens with two attached hydrogens (primary N) is 1. The van der Waals surface area contributed by atoms with Gasteiger partial charge in [-0.1, -0.05) is 11.3 Å². The van der Waals surface area contributed by atoms with Crippen molar-refractivity contribution in [2.45, 2.75) is 38.6 Å².